The van der Waals surface area contributed by atoms with Crippen LogP contribution >= 0.6 is 0 Å². The maximum atomic E-state index is 10.5. The van der Waals surface area contributed by atoms with Gasteiger partial charge in [0.1, 0.15) is 0 Å². The maximum Gasteiger partial charge on any atom is 0.302 e. The molecule has 0 rings (SSSR count). The lowest BCUT2D eigenvalue weighted by Gasteiger charge is -2.02. The Morgan fingerprint density at radius 3 is 1.48 bits per heavy atom. The van der Waals surface area contributed by atoms with E-state index in [1.165, 1.54) is 64.7 Å². The third-order valence-electron chi connectivity index (χ3n) is 3.21. The monoisotopic (exact) mass is 302 g/mol. The van der Waals surface area contributed by atoms with Crippen LogP contribution in [0.4, 0.5) is 0 Å². The first-order valence-electron chi connectivity index (χ1n) is 8.90. The van der Waals surface area contributed by atoms with Gasteiger partial charge in [-0.2, -0.15) is 0 Å². The number of rotatable bonds is 13. The quantitative estimate of drug-likeness (QED) is 0.332. The molecule has 21 heavy (non-hydrogen) atoms. The molecule has 0 aliphatic heterocycles. The van der Waals surface area contributed by atoms with Gasteiger partial charge in [0.15, 0.2) is 0 Å². The normalized spacial score (nSPS) is 9.90. The molecule has 0 amide bonds. The smallest absolute Gasteiger partial charge is 0.302 e. The van der Waals surface area contributed by atoms with Gasteiger partial charge in [0.05, 0.1) is 6.61 Å². The largest absolute Gasteiger partial charge is 0.466 e. The van der Waals surface area contributed by atoms with Gasteiger partial charge in [0, 0.05) is 20.1 Å². The number of hydrogen-bond donors (Lipinski definition) is 0. The van der Waals surface area contributed by atoms with Crippen molar-refractivity contribution < 1.29 is 14.3 Å². The molecule has 0 N–H and O–H groups in total. The molecule has 0 heterocycles. The molecule has 0 spiro atoms. The second-order valence-corrected chi connectivity index (χ2v) is 5.30. The lowest BCUT2D eigenvalue weighted by molar-refractivity contribution is -0.141. The molecular weight excluding hydrogens is 264 g/mol. The van der Waals surface area contributed by atoms with E-state index in [0.717, 1.165) is 19.6 Å². The molecular formula is C18H38O3. The van der Waals surface area contributed by atoms with Crippen LogP contribution in [0, 0.1) is 0 Å². The molecule has 0 bridgehead atoms. The molecule has 3 heteroatoms. The average Bonchev–Trinajstić information content (AvgIpc) is 2.46. The summed E-state index contributed by atoms with van der Waals surface area (Å²) in [4.78, 5) is 10.5. The molecule has 0 aromatic rings. The summed E-state index contributed by atoms with van der Waals surface area (Å²) in [6.45, 7) is 9.99. The predicted octanol–water partition coefficient (Wildman–Crippen LogP) is 5.51. The average molecular weight is 302 g/mol. The third-order valence-corrected chi connectivity index (χ3v) is 3.21. The molecule has 0 aliphatic rings. The number of unbranched alkanes of at least 4 members (excludes halogenated alkanes) is 9. The van der Waals surface area contributed by atoms with Crippen LogP contribution in [0.5, 0.6) is 0 Å². The van der Waals surface area contributed by atoms with E-state index in [1.807, 2.05) is 13.8 Å². The summed E-state index contributed by atoms with van der Waals surface area (Å²) in [6.07, 6.45) is 13.1. The molecule has 0 aliphatic carbocycles. The van der Waals surface area contributed by atoms with E-state index in [-0.39, 0.29) is 5.97 Å². The topological polar surface area (TPSA) is 35.5 Å². The summed E-state index contributed by atoms with van der Waals surface area (Å²) in [7, 11) is 0. The lowest BCUT2D eigenvalue weighted by atomic mass is 10.1. The van der Waals surface area contributed by atoms with Crippen molar-refractivity contribution in [2.45, 2.75) is 91.9 Å². The summed E-state index contributed by atoms with van der Waals surface area (Å²) in [5.74, 6) is -0.157. The number of esters is 1. The van der Waals surface area contributed by atoms with E-state index in [1.54, 1.807) is 0 Å². The zero-order chi connectivity index (χ0) is 16.2. The Balaban J connectivity index is 0. The minimum atomic E-state index is -0.157. The van der Waals surface area contributed by atoms with Crippen molar-refractivity contribution in [3.63, 3.8) is 0 Å². The van der Waals surface area contributed by atoms with Gasteiger partial charge >= 0.3 is 5.97 Å². The highest BCUT2D eigenvalue weighted by atomic mass is 16.5. The molecule has 0 saturated heterocycles. The minimum absolute atomic E-state index is 0.157. The van der Waals surface area contributed by atoms with Gasteiger partial charge in [-0.1, -0.05) is 64.7 Å². The Labute approximate surface area is 132 Å². The summed E-state index contributed by atoms with van der Waals surface area (Å²) >= 11 is 0. The van der Waals surface area contributed by atoms with Crippen molar-refractivity contribution in [3.05, 3.63) is 0 Å². The van der Waals surface area contributed by atoms with Gasteiger partial charge in [-0.25, -0.2) is 0 Å². The van der Waals surface area contributed by atoms with Crippen molar-refractivity contribution in [1.29, 1.82) is 0 Å². The van der Waals surface area contributed by atoms with E-state index in [0.29, 0.717) is 6.61 Å². The van der Waals surface area contributed by atoms with Crippen LogP contribution in [0.25, 0.3) is 0 Å². The molecule has 0 fully saturated rings. The minimum Gasteiger partial charge on any atom is -0.466 e. The SMILES string of the molecule is CCCCCCCCCCCCOC(C)=O.CCOCC. The second kappa shape index (κ2) is 21.7. The first-order chi connectivity index (χ1) is 10.2. The Hall–Kier alpha value is -0.570. The van der Waals surface area contributed by atoms with Gasteiger partial charge in [-0.15, -0.1) is 0 Å². The van der Waals surface area contributed by atoms with Crippen LogP contribution in [0.2, 0.25) is 0 Å². The molecule has 0 aromatic carbocycles. The molecule has 128 valence electrons. The van der Waals surface area contributed by atoms with E-state index >= 15 is 0 Å². The summed E-state index contributed by atoms with van der Waals surface area (Å²) < 4.78 is 9.71. The Kier molecular flexibility index (Phi) is 23.5. The number of hydrogen-bond acceptors (Lipinski definition) is 3. The first-order valence-corrected chi connectivity index (χ1v) is 8.90. The van der Waals surface area contributed by atoms with Crippen molar-refractivity contribution in [1.82, 2.24) is 0 Å². The standard InChI is InChI=1S/C14H28O2.C4H10O/c1-3-4-5-6-7-8-9-10-11-12-13-16-14(2)15;1-3-5-4-2/h3-13H2,1-2H3;3-4H2,1-2H3. The van der Waals surface area contributed by atoms with Crippen molar-refractivity contribution >= 4 is 5.97 Å². The third kappa shape index (κ3) is 28.3. The number of carbonyl (C=O) groups is 1. The highest BCUT2D eigenvalue weighted by molar-refractivity contribution is 5.65. The van der Waals surface area contributed by atoms with Crippen LogP contribution in [0.1, 0.15) is 91.9 Å². The van der Waals surface area contributed by atoms with E-state index in [4.69, 9.17) is 9.47 Å². The van der Waals surface area contributed by atoms with Gasteiger partial charge in [-0.05, 0) is 20.3 Å². The fraction of sp³-hybridized carbons (Fsp3) is 0.944. The van der Waals surface area contributed by atoms with Crippen LogP contribution in [-0.2, 0) is 14.3 Å². The van der Waals surface area contributed by atoms with Crippen molar-refractivity contribution in [2.24, 2.45) is 0 Å². The van der Waals surface area contributed by atoms with Crippen LogP contribution < -0.4 is 0 Å². The van der Waals surface area contributed by atoms with Gasteiger partial charge in [0.25, 0.3) is 0 Å². The second-order valence-electron chi connectivity index (χ2n) is 5.30. The zero-order valence-corrected chi connectivity index (χ0v) is 14.9. The van der Waals surface area contributed by atoms with Gasteiger partial charge < -0.3 is 9.47 Å². The zero-order valence-electron chi connectivity index (χ0n) is 14.9. The van der Waals surface area contributed by atoms with E-state index < -0.39 is 0 Å². The number of ether oxygens (including phenoxy) is 2. The van der Waals surface area contributed by atoms with E-state index in [2.05, 4.69) is 6.92 Å². The Morgan fingerprint density at radius 2 is 1.14 bits per heavy atom. The van der Waals surface area contributed by atoms with Crippen LogP contribution in [-0.4, -0.2) is 25.8 Å². The van der Waals surface area contributed by atoms with Crippen LogP contribution in [0.3, 0.4) is 0 Å². The molecule has 0 radical (unpaired) electrons. The highest BCUT2D eigenvalue weighted by Crippen LogP contribution is 2.10. The lowest BCUT2D eigenvalue weighted by Crippen LogP contribution is -2.00. The van der Waals surface area contributed by atoms with Crippen molar-refractivity contribution in [2.75, 3.05) is 19.8 Å². The van der Waals surface area contributed by atoms with Gasteiger partial charge in [-0.3, -0.25) is 4.79 Å². The predicted molar refractivity (Wildman–Crippen MR) is 90.6 cm³/mol. The molecule has 0 aromatic heterocycles. The van der Waals surface area contributed by atoms with E-state index in [9.17, 15) is 4.79 Å². The molecule has 0 unspecified atom stereocenters. The molecule has 0 atom stereocenters. The highest BCUT2D eigenvalue weighted by Gasteiger charge is 1.94. The molecule has 0 saturated carbocycles. The maximum absolute atomic E-state index is 10.5. The van der Waals surface area contributed by atoms with Gasteiger partial charge in [0.2, 0.25) is 0 Å². The first kappa shape index (κ1) is 22.7. The summed E-state index contributed by atoms with van der Waals surface area (Å²) in [6, 6.07) is 0. The summed E-state index contributed by atoms with van der Waals surface area (Å²) in [5.41, 5.74) is 0. The Morgan fingerprint density at radius 1 is 0.714 bits per heavy atom. The fourth-order valence-corrected chi connectivity index (χ4v) is 2.01. The Bertz CT molecular complexity index is 191. The van der Waals surface area contributed by atoms with Crippen LogP contribution in [0.15, 0.2) is 0 Å². The molecule has 3 nitrogen and oxygen atoms in total. The van der Waals surface area contributed by atoms with Crippen molar-refractivity contribution in [3.8, 4) is 0 Å². The fourth-order valence-electron chi connectivity index (χ4n) is 2.01. The summed E-state index contributed by atoms with van der Waals surface area (Å²) in [5, 5.41) is 0. The number of carbonyl (C=O) groups excluding carboxylic acids is 1.